The van der Waals surface area contributed by atoms with Crippen molar-refractivity contribution in [2.45, 2.75) is 64.7 Å². The molecule has 32 heavy (non-hydrogen) atoms. The first-order valence-electron chi connectivity index (χ1n) is 11.4. The molecule has 0 saturated carbocycles. The minimum Gasteiger partial charge on any atom is -0.462 e. The average Bonchev–Trinajstić information content (AvgIpc) is 3.43. The van der Waals surface area contributed by atoms with Crippen molar-refractivity contribution in [3.8, 4) is 0 Å². The Labute approximate surface area is 195 Å². The third kappa shape index (κ3) is 3.79. The van der Waals surface area contributed by atoms with Gasteiger partial charge in [-0.1, -0.05) is 12.8 Å². The molecule has 0 bridgehead atoms. The summed E-state index contributed by atoms with van der Waals surface area (Å²) >= 11 is 2.83. The highest BCUT2D eigenvalue weighted by Crippen LogP contribution is 2.40. The fraction of sp³-hybridized carbons (Fsp3) is 0.458. The Hall–Kier alpha value is -2.45. The van der Waals surface area contributed by atoms with Gasteiger partial charge in [-0.3, -0.25) is 4.79 Å². The normalized spacial score (nSPS) is 15.7. The first kappa shape index (κ1) is 21.4. The van der Waals surface area contributed by atoms with Gasteiger partial charge in [0.05, 0.1) is 17.9 Å². The number of ether oxygens (including phenoxy) is 1. The number of hydrogen-bond acceptors (Lipinski definition) is 7. The predicted octanol–water partition coefficient (Wildman–Crippen LogP) is 5.52. The lowest BCUT2D eigenvalue weighted by atomic mass is 9.96. The van der Waals surface area contributed by atoms with Crippen molar-refractivity contribution in [3.63, 3.8) is 0 Å². The number of thiophene rings is 2. The van der Waals surface area contributed by atoms with Crippen LogP contribution in [0, 0.1) is 0 Å². The van der Waals surface area contributed by atoms with Crippen molar-refractivity contribution in [1.29, 1.82) is 0 Å². The number of carbonyl (C=O) groups excluding carboxylic acids is 2. The van der Waals surface area contributed by atoms with Crippen LogP contribution in [0.4, 0.5) is 10.7 Å². The number of nitrogens with two attached hydrogens (primary N) is 1. The van der Waals surface area contributed by atoms with E-state index in [0.29, 0.717) is 27.7 Å². The smallest absolute Gasteiger partial charge is 0.341 e. The molecule has 0 unspecified atom stereocenters. The van der Waals surface area contributed by atoms with E-state index in [0.717, 1.165) is 72.8 Å². The minimum absolute atomic E-state index is 0.287. The Balaban J connectivity index is 1.50. The molecule has 3 N–H and O–H groups in total. The van der Waals surface area contributed by atoms with Crippen molar-refractivity contribution in [2.75, 3.05) is 17.7 Å². The molecule has 0 atom stereocenters. The Morgan fingerprint density at radius 3 is 2.72 bits per heavy atom. The van der Waals surface area contributed by atoms with E-state index in [4.69, 9.17) is 15.5 Å². The number of hydrogen-bond donors (Lipinski definition) is 2. The Kier molecular flexibility index (Phi) is 5.90. The molecule has 0 saturated heterocycles. The number of anilines is 2. The molecule has 3 heterocycles. The van der Waals surface area contributed by atoms with Crippen LogP contribution in [0.15, 0.2) is 6.07 Å². The molecule has 6 nitrogen and oxygen atoms in total. The van der Waals surface area contributed by atoms with Crippen molar-refractivity contribution in [1.82, 2.24) is 4.98 Å². The van der Waals surface area contributed by atoms with Crippen LogP contribution in [0.2, 0.25) is 0 Å². The molecule has 5 rings (SSSR count). The van der Waals surface area contributed by atoms with Gasteiger partial charge in [-0.05, 0) is 69.1 Å². The van der Waals surface area contributed by atoms with Crippen LogP contribution in [-0.2, 0) is 30.4 Å². The molecule has 0 aliphatic heterocycles. The minimum atomic E-state index is -0.358. The number of aromatic nitrogens is 1. The highest BCUT2D eigenvalue weighted by Gasteiger charge is 2.28. The molecule has 168 valence electrons. The van der Waals surface area contributed by atoms with E-state index in [-0.39, 0.29) is 11.9 Å². The Bertz CT molecular complexity index is 1210. The topological polar surface area (TPSA) is 94.3 Å². The number of nitrogen functional groups attached to an aromatic ring is 1. The number of rotatable bonds is 4. The average molecular weight is 470 g/mol. The van der Waals surface area contributed by atoms with E-state index < -0.39 is 0 Å². The van der Waals surface area contributed by atoms with Crippen LogP contribution in [0.1, 0.15) is 80.8 Å². The quantitative estimate of drug-likeness (QED) is 0.491. The lowest BCUT2D eigenvalue weighted by Crippen LogP contribution is -2.15. The highest BCUT2D eigenvalue weighted by atomic mass is 32.1. The number of carbonyl (C=O) groups is 2. The van der Waals surface area contributed by atoms with Gasteiger partial charge in [0.15, 0.2) is 0 Å². The zero-order valence-electron chi connectivity index (χ0n) is 18.2. The second-order valence-electron chi connectivity index (χ2n) is 8.44. The molecule has 3 aromatic rings. The van der Waals surface area contributed by atoms with Crippen LogP contribution < -0.4 is 11.1 Å². The molecular formula is C24H27N3O3S2. The van der Waals surface area contributed by atoms with Gasteiger partial charge in [-0.15, -0.1) is 22.7 Å². The van der Waals surface area contributed by atoms with E-state index >= 15 is 0 Å². The number of aryl methyl sites for hydroxylation is 3. The first-order chi connectivity index (χ1) is 15.6. The fourth-order valence-corrected chi connectivity index (χ4v) is 7.02. The summed E-state index contributed by atoms with van der Waals surface area (Å²) < 4.78 is 5.35. The molecule has 0 fully saturated rings. The summed E-state index contributed by atoms with van der Waals surface area (Å²) in [6.07, 6.45) is 9.39. The van der Waals surface area contributed by atoms with E-state index in [1.165, 1.54) is 39.5 Å². The summed E-state index contributed by atoms with van der Waals surface area (Å²) in [7, 11) is 0. The summed E-state index contributed by atoms with van der Waals surface area (Å²) in [5, 5.41) is 4.43. The molecule has 0 aromatic carbocycles. The molecule has 0 spiro atoms. The van der Waals surface area contributed by atoms with Gasteiger partial charge in [0.1, 0.15) is 14.7 Å². The van der Waals surface area contributed by atoms with E-state index in [1.807, 2.05) is 0 Å². The number of amides is 1. The fourth-order valence-electron chi connectivity index (χ4n) is 4.75. The zero-order chi connectivity index (χ0) is 22.2. The molecular weight excluding hydrogens is 442 g/mol. The van der Waals surface area contributed by atoms with Gasteiger partial charge in [-0.2, -0.15) is 0 Å². The number of pyridine rings is 1. The third-order valence-electron chi connectivity index (χ3n) is 6.33. The standard InChI is InChI=1S/C24H27N3O3S2/c1-2-30-24(29)18-14-9-5-3-4-6-11-17(14)31-23(18)27-21(28)20-19(25)15-12-13-8-7-10-16(13)26-22(15)32-20/h12H,2-11,25H2,1H3,(H,27,28). The maximum Gasteiger partial charge on any atom is 0.341 e. The molecule has 3 aromatic heterocycles. The second kappa shape index (κ2) is 8.83. The number of esters is 1. The van der Waals surface area contributed by atoms with E-state index in [9.17, 15) is 9.59 Å². The van der Waals surface area contributed by atoms with Crippen LogP contribution >= 0.6 is 22.7 Å². The zero-order valence-corrected chi connectivity index (χ0v) is 19.8. The maximum absolute atomic E-state index is 13.3. The second-order valence-corrected chi connectivity index (χ2v) is 10.5. The van der Waals surface area contributed by atoms with E-state index in [2.05, 4.69) is 11.4 Å². The van der Waals surface area contributed by atoms with Crippen molar-refractivity contribution in [2.24, 2.45) is 0 Å². The third-order valence-corrected chi connectivity index (χ3v) is 8.65. The summed E-state index contributed by atoms with van der Waals surface area (Å²) in [6.45, 7) is 2.10. The number of fused-ring (bicyclic) bond motifs is 3. The van der Waals surface area contributed by atoms with Gasteiger partial charge >= 0.3 is 5.97 Å². The van der Waals surface area contributed by atoms with Crippen LogP contribution in [0.25, 0.3) is 10.2 Å². The van der Waals surface area contributed by atoms with Gasteiger partial charge in [0, 0.05) is 16.0 Å². The predicted molar refractivity (Wildman–Crippen MR) is 130 cm³/mol. The van der Waals surface area contributed by atoms with Gasteiger partial charge < -0.3 is 15.8 Å². The van der Waals surface area contributed by atoms with E-state index in [1.54, 1.807) is 6.92 Å². The van der Waals surface area contributed by atoms with Crippen molar-refractivity contribution in [3.05, 3.63) is 38.2 Å². The first-order valence-corrected chi connectivity index (χ1v) is 13.0. The van der Waals surface area contributed by atoms with Gasteiger partial charge in [-0.25, -0.2) is 9.78 Å². The van der Waals surface area contributed by atoms with Gasteiger partial charge in [0.2, 0.25) is 0 Å². The molecule has 2 aliphatic carbocycles. The van der Waals surface area contributed by atoms with Crippen LogP contribution in [0.3, 0.4) is 0 Å². The van der Waals surface area contributed by atoms with Gasteiger partial charge in [0.25, 0.3) is 5.91 Å². The summed E-state index contributed by atoms with van der Waals surface area (Å²) in [5.74, 6) is -0.645. The number of nitrogens with one attached hydrogen (secondary N) is 1. The van der Waals surface area contributed by atoms with Crippen LogP contribution in [-0.4, -0.2) is 23.5 Å². The van der Waals surface area contributed by atoms with Crippen molar-refractivity contribution >= 4 is 55.5 Å². The SMILES string of the molecule is CCOC(=O)c1c(NC(=O)c2sc3nc4c(cc3c2N)CCC4)sc2c1CCCCCC2. The summed E-state index contributed by atoms with van der Waals surface area (Å²) in [4.78, 5) is 33.3. The summed E-state index contributed by atoms with van der Waals surface area (Å²) in [6, 6.07) is 2.09. The highest BCUT2D eigenvalue weighted by molar-refractivity contribution is 7.21. The molecule has 2 aliphatic rings. The lowest BCUT2D eigenvalue weighted by Gasteiger charge is -2.11. The monoisotopic (exact) mass is 469 g/mol. The maximum atomic E-state index is 13.3. The molecule has 0 radical (unpaired) electrons. The Morgan fingerprint density at radius 2 is 1.91 bits per heavy atom. The lowest BCUT2D eigenvalue weighted by molar-refractivity contribution is 0.0526. The summed E-state index contributed by atoms with van der Waals surface area (Å²) in [5.41, 5.74) is 10.8. The van der Waals surface area contributed by atoms with Crippen LogP contribution in [0.5, 0.6) is 0 Å². The molecule has 8 heteroatoms. The van der Waals surface area contributed by atoms with Crippen molar-refractivity contribution < 1.29 is 14.3 Å². The molecule has 1 amide bonds. The largest absolute Gasteiger partial charge is 0.462 e. The Morgan fingerprint density at radius 1 is 1.09 bits per heavy atom. The number of nitrogens with zero attached hydrogens (tertiary/aromatic N) is 1.